The minimum Gasteiger partial charge on any atom is -0.387 e. The lowest BCUT2D eigenvalue weighted by molar-refractivity contribution is 0.0737. The SMILES string of the molecule is CCCC(C)N(C)C(=O)c1cnc(C)cc1NC. The summed E-state index contributed by atoms with van der Waals surface area (Å²) in [5.41, 5.74) is 2.37. The number of carbonyl (C=O) groups excluding carboxylic acids is 1. The number of nitrogens with one attached hydrogen (secondary N) is 1. The van der Waals surface area contributed by atoms with Crippen molar-refractivity contribution in [3.8, 4) is 0 Å². The quantitative estimate of drug-likeness (QED) is 0.872. The summed E-state index contributed by atoms with van der Waals surface area (Å²) in [6.45, 7) is 6.11. The predicted molar refractivity (Wildman–Crippen MR) is 75.0 cm³/mol. The van der Waals surface area contributed by atoms with Crippen molar-refractivity contribution in [3.63, 3.8) is 0 Å². The Hall–Kier alpha value is -1.58. The zero-order valence-electron chi connectivity index (χ0n) is 11.9. The highest BCUT2D eigenvalue weighted by molar-refractivity contribution is 5.99. The normalized spacial score (nSPS) is 12.1. The van der Waals surface area contributed by atoms with E-state index in [-0.39, 0.29) is 11.9 Å². The van der Waals surface area contributed by atoms with Crippen LogP contribution in [0.2, 0.25) is 0 Å². The van der Waals surface area contributed by atoms with E-state index in [1.807, 2.05) is 27.1 Å². The Morgan fingerprint density at radius 3 is 2.78 bits per heavy atom. The Kier molecular flexibility index (Phi) is 5.13. The number of pyridine rings is 1. The van der Waals surface area contributed by atoms with Gasteiger partial charge in [0.15, 0.2) is 0 Å². The second-order valence-corrected chi connectivity index (χ2v) is 4.68. The monoisotopic (exact) mass is 249 g/mol. The first kappa shape index (κ1) is 14.5. The molecule has 1 unspecified atom stereocenters. The van der Waals surface area contributed by atoms with Crippen molar-refractivity contribution in [3.05, 3.63) is 23.5 Å². The molecule has 0 bridgehead atoms. The molecule has 0 aromatic carbocycles. The van der Waals surface area contributed by atoms with E-state index in [2.05, 4.69) is 24.1 Å². The summed E-state index contributed by atoms with van der Waals surface area (Å²) in [7, 11) is 3.67. The van der Waals surface area contributed by atoms with Gasteiger partial charge in [0.1, 0.15) is 0 Å². The van der Waals surface area contributed by atoms with E-state index in [0.717, 1.165) is 24.2 Å². The molecule has 18 heavy (non-hydrogen) atoms. The van der Waals surface area contributed by atoms with E-state index in [0.29, 0.717) is 5.56 Å². The van der Waals surface area contributed by atoms with Gasteiger partial charge in [-0.1, -0.05) is 13.3 Å². The van der Waals surface area contributed by atoms with Crippen LogP contribution in [-0.4, -0.2) is 35.9 Å². The van der Waals surface area contributed by atoms with Gasteiger partial charge in [-0.15, -0.1) is 0 Å². The molecule has 1 heterocycles. The Balaban J connectivity index is 2.96. The number of hydrogen-bond donors (Lipinski definition) is 1. The lowest BCUT2D eigenvalue weighted by atomic mass is 10.1. The summed E-state index contributed by atoms with van der Waals surface area (Å²) < 4.78 is 0. The molecule has 1 atom stereocenters. The molecule has 1 amide bonds. The first-order chi connectivity index (χ1) is 8.51. The fourth-order valence-corrected chi connectivity index (χ4v) is 1.94. The molecule has 0 aliphatic carbocycles. The third kappa shape index (κ3) is 3.22. The van der Waals surface area contributed by atoms with Crippen LogP contribution in [0.15, 0.2) is 12.3 Å². The lowest BCUT2D eigenvalue weighted by Gasteiger charge is -2.25. The average molecular weight is 249 g/mol. The third-order valence-corrected chi connectivity index (χ3v) is 3.23. The summed E-state index contributed by atoms with van der Waals surface area (Å²) in [6, 6.07) is 2.14. The van der Waals surface area contributed by atoms with E-state index in [9.17, 15) is 4.79 Å². The summed E-state index contributed by atoms with van der Waals surface area (Å²) in [4.78, 5) is 18.4. The number of anilines is 1. The van der Waals surface area contributed by atoms with E-state index >= 15 is 0 Å². The van der Waals surface area contributed by atoms with Crippen LogP contribution in [0.3, 0.4) is 0 Å². The maximum absolute atomic E-state index is 12.4. The molecule has 0 saturated heterocycles. The first-order valence-electron chi connectivity index (χ1n) is 6.42. The van der Waals surface area contributed by atoms with Gasteiger partial charge in [0.05, 0.1) is 11.3 Å². The molecule has 0 saturated carbocycles. The van der Waals surface area contributed by atoms with Gasteiger partial charge in [0.25, 0.3) is 5.91 Å². The number of carbonyl (C=O) groups is 1. The lowest BCUT2D eigenvalue weighted by Crippen LogP contribution is -2.35. The van der Waals surface area contributed by atoms with Crippen molar-refractivity contribution < 1.29 is 4.79 Å². The first-order valence-corrected chi connectivity index (χ1v) is 6.42. The Morgan fingerprint density at radius 2 is 2.22 bits per heavy atom. The molecule has 4 nitrogen and oxygen atoms in total. The fourth-order valence-electron chi connectivity index (χ4n) is 1.94. The van der Waals surface area contributed by atoms with Crippen LogP contribution in [0.1, 0.15) is 42.7 Å². The summed E-state index contributed by atoms with van der Waals surface area (Å²) in [6.07, 6.45) is 3.74. The summed E-state index contributed by atoms with van der Waals surface area (Å²) in [5.74, 6) is 0.0211. The molecular formula is C14H23N3O. The fraction of sp³-hybridized carbons (Fsp3) is 0.571. The standard InChI is InChI=1S/C14H23N3O/c1-6-7-11(3)17(5)14(18)12-9-16-10(2)8-13(12)15-4/h8-9,11H,6-7H2,1-5H3,(H,15,16). The number of aromatic nitrogens is 1. The van der Waals surface area contributed by atoms with Gasteiger partial charge in [0.2, 0.25) is 0 Å². The highest BCUT2D eigenvalue weighted by Crippen LogP contribution is 2.18. The smallest absolute Gasteiger partial charge is 0.257 e. The van der Waals surface area contributed by atoms with E-state index in [4.69, 9.17) is 0 Å². The number of nitrogens with zero attached hydrogens (tertiary/aromatic N) is 2. The largest absolute Gasteiger partial charge is 0.387 e. The van der Waals surface area contributed by atoms with Crippen molar-refractivity contribution in [2.75, 3.05) is 19.4 Å². The molecule has 1 aromatic heterocycles. The van der Waals surface area contributed by atoms with Crippen LogP contribution in [-0.2, 0) is 0 Å². The average Bonchev–Trinajstić information content (AvgIpc) is 2.37. The highest BCUT2D eigenvalue weighted by Gasteiger charge is 2.19. The number of aryl methyl sites for hydroxylation is 1. The molecular weight excluding hydrogens is 226 g/mol. The van der Waals surface area contributed by atoms with Crippen molar-refractivity contribution in [1.29, 1.82) is 0 Å². The van der Waals surface area contributed by atoms with Crippen LogP contribution >= 0.6 is 0 Å². The molecule has 0 radical (unpaired) electrons. The summed E-state index contributed by atoms with van der Waals surface area (Å²) in [5, 5.41) is 3.06. The molecule has 1 rings (SSSR count). The van der Waals surface area contributed by atoms with Crippen LogP contribution in [0.5, 0.6) is 0 Å². The van der Waals surface area contributed by atoms with Crippen LogP contribution in [0.4, 0.5) is 5.69 Å². The number of amides is 1. The third-order valence-electron chi connectivity index (χ3n) is 3.23. The van der Waals surface area contributed by atoms with Gasteiger partial charge in [0, 0.05) is 32.0 Å². The van der Waals surface area contributed by atoms with E-state index in [1.54, 1.807) is 11.1 Å². The molecule has 0 aliphatic rings. The molecule has 1 aromatic rings. The van der Waals surface area contributed by atoms with Crippen molar-refractivity contribution in [2.24, 2.45) is 0 Å². The maximum atomic E-state index is 12.4. The van der Waals surface area contributed by atoms with Crippen molar-refractivity contribution in [2.45, 2.75) is 39.7 Å². The second kappa shape index (κ2) is 6.38. The van der Waals surface area contributed by atoms with Gasteiger partial charge in [-0.3, -0.25) is 9.78 Å². The van der Waals surface area contributed by atoms with Gasteiger partial charge >= 0.3 is 0 Å². The van der Waals surface area contributed by atoms with Gasteiger partial charge in [-0.2, -0.15) is 0 Å². The molecule has 0 spiro atoms. The molecule has 100 valence electrons. The predicted octanol–water partition coefficient (Wildman–Crippen LogP) is 2.69. The zero-order valence-corrected chi connectivity index (χ0v) is 11.9. The van der Waals surface area contributed by atoms with Crippen LogP contribution < -0.4 is 5.32 Å². The van der Waals surface area contributed by atoms with Crippen molar-refractivity contribution in [1.82, 2.24) is 9.88 Å². The van der Waals surface area contributed by atoms with Gasteiger partial charge < -0.3 is 10.2 Å². The molecule has 0 fully saturated rings. The Bertz CT molecular complexity index is 418. The Labute approximate surface area is 109 Å². The minimum atomic E-state index is 0.0211. The molecule has 0 aliphatic heterocycles. The zero-order chi connectivity index (χ0) is 13.7. The number of rotatable bonds is 5. The topological polar surface area (TPSA) is 45.2 Å². The second-order valence-electron chi connectivity index (χ2n) is 4.68. The van der Waals surface area contributed by atoms with Gasteiger partial charge in [-0.25, -0.2) is 0 Å². The van der Waals surface area contributed by atoms with Gasteiger partial charge in [-0.05, 0) is 26.3 Å². The summed E-state index contributed by atoms with van der Waals surface area (Å²) >= 11 is 0. The number of hydrogen-bond acceptors (Lipinski definition) is 3. The van der Waals surface area contributed by atoms with Crippen LogP contribution in [0.25, 0.3) is 0 Å². The van der Waals surface area contributed by atoms with Crippen LogP contribution in [0, 0.1) is 6.92 Å². The minimum absolute atomic E-state index is 0.0211. The van der Waals surface area contributed by atoms with E-state index < -0.39 is 0 Å². The Morgan fingerprint density at radius 1 is 1.56 bits per heavy atom. The molecule has 1 N–H and O–H groups in total. The van der Waals surface area contributed by atoms with E-state index in [1.165, 1.54) is 0 Å². The molecule has 4 heteroatoms. The highest BCUT2D eigenvalue weighted by atomic mass is 16.2. The maximum Gasteiger partial charge on any atom is 0.257 e. The van der Waals surface area contributed by atoms with Crippen molar-refractivity contribution >= 4 is 11.6 Å².